The molecule has 1 nitrogen and oxygen atoms in total. The molecule has 0 aliphatic carbocycles. The van der Waals surface area contributed by atoms with Gasteiger partial charge in [0.15, 0.2) is 0 Å². The first-order valence-electron chi connectivity index (χ1n) is 22.0. The van der Waals surface area contributed by atoms with E-state index in [9.17, 15) is 0 Å². The topological polar surface area (TPSA) is 3.24 Å². The standard InChI is InChI=1S/C61H42BN/c1-8-22-42(23-9-1)48-36-55-60(47-32-18-6-19-33-47)54-38-50(43-24-10-2-11-25-43)51(44-26-12-3-13-27-44)39-56(54)62-57-40-52(45-28-14-4-15-29-45)53(46-30-16-5-17-31-46)41-58(57)63(59(37-48)61(55)62)49-34-20-7-21-35-49/h1-41,60H. The van der Waals surface area contributed by atoms with Gasteiger partial charge in [-0.15, -0.1) is 0 Å². The molecule has 0 amide bonds. The van der Waals surface area contributed by atoms with Gasteiger partial charge in [-0.25, -0.2) is 0 Å². The van der Waals surface area contributed by atoms with Crippen molar-refractivity contribution in [3.05, 3.63) is 265 Å². The zero-order chi connectivity index (χ0) is 41.7. The third kappa shape index (κ3) is 6.34. The SMILES string of the molecule is c1ccc(-c2cc3c4c(c2)N(c2ccccc2)c2cc(-c5ccccc5)c(-c5ccccc5)cc2B4c2cc(-c4ccccc4)c(-c4ccccc4)cc2C3c2ccccc2)cc1. The molecule has 0 spiro atoms. The van der Waals surface area contributed by atoms with Crippen LogP contribution in [0, 0.1) is 0 Å². The Labute approximate surface area is 370 Å². The third-order valence-electron chi connectivity index (χ3n) is 13.2. The minimum atomic E-state index is -0.0516. The minimum Gasteiger partial charge on any atom is -0.311 e. The molecule has 10 aromatic carbocycles. The van der Waals surface area contributed by atoms with Gasteiger partial charge < -0.3 is 4.90 Å². The highest BCUT2D eigenvalue weighted by atomic mass is 15.2. The van der Waals surface area contributed by atoms with Crippen molar-refractivity contribution in [2.24, 2.45) is 0 Å². The molecular weight excluding hydrogens is 757 g/mol. The molecule has 0 aromatic heterocycles. The number of rotatable bonds is 7. The summed E-state index contributed by atoms with van der Waals surface area (Å²) >= 11 is 0. The predicted octanol–water partition coefficient (Wildman–Crippen LogP) is 13.8. The maximum atomic E-state index is 2.56. The third-order valence-corrected chi connectivity index (χ3v) is 13.2. The quantitative estimate of drug-likeness (QED) is 0.145. The first kappa shape index (κ1) is 36.9. The van der Waals surface area contributed by atoms with E-state index in [1.54, 1.807) is 0 Å². The van der Waals surface area contributed by atoms with E-state index >= 15 is 0 Å². The molecule has 0 bridgehead atoms. The molecule has 0 radical (unpaired) electrons. The van der Waals surface area contributed by atoms with E-state index in [0.29, 0.717) is 0 Å². The van der Waals surface area contributed by atoms with E-state index in [4.69, 9.17) is 0 Å². The van der Waals surface area contributed by atoms with Gasteiger partial charge in [0.25, 0.3) is 0 Å². The van der Waals surface area contributed by atoms with E-state index in [0.717, 1.165) is 5.69 Å². The summed E-state index contributed by atoms with van der Waals surface area (Å²) in [6.07, 6.45) is 0. The minimum absolute atomic E-state index is 0.0153. The van der Waals surface area contributed by atoms with Crippen molar-refractivity contribution in [3.8, 4) is 55.6 Å². The van der Waals surface area contributed by atoms with Crippen LogP contribution in [0.3, 0.4) is 0 Å². The lowest BCUT2D eigenvalue weighted by Crippen LogP contribution is -2.62. The molecule has 294 valence electrons. The van der Waals surface area contributed by atoms with E-state index < -0.39 is 0 Å². The lowest BCUT2D eigenvalue weighted by atomic mass is 9.30. The lowest BCUT2D eigenvalue weighted by Gasteiger charge is -2.44. The summed E-state index contributed by atoms with van der Waals surface area (Å²) in [5.74, 6) is -0.0153. The second-order valence-electron chi connectivity index (χ2n) is 16.8. The van der Waals surface area contributed by atoms with Crippen LogP contribution in [-0.2, 0) is 0 Å². The Morgan fingerprint density at radius 3 is 1.22 bits per heavy atom. The highest BCUT2D eigenvalue weighted by Crippen LogP contribution is 2.48. The largest absolute Gasteiger partial charge is 0.311 e. The van der Waals surface area contributed by atoms with Gasteiger partial charge in [-0.1, -0.05) is 230 Å². The lowest BCUT2D eigenvalue weighted by molar-refractivity contribution is 0.985. The maximum Gasteiger partial charge on any atom is 0.247 e. The number of benzene rings is 10. The van der Waals surface area contributed by atoms with Gasteiger partial charge in [0.05, 0.1) is 0 Å². The number of hydrogen-bond acceptors (Lipinski definition) is 1. The van der Waals surface area contributed by atoms with Gasteiger partial charge >= 0.3 is 0 Å². The van der Waals surface area contributed by atoms with E-state index in [-0.39, 0.29) is 12.6 Å². The average molecular weight is 800 g/mol. The average Bonchev–Trinajstić information content (AvgIpc) is 3.37. The van der Waals surface area contributed by atoms with Crippen molar-refractivity contribution in [3.63, 3.8) is 0 Å². The second-order valence-corrected chi connectivity index (χ2v) is 16.8. The fourth-order valence-corrected chi connectivity index (χ4v) is 10.4. The molecule has 0 saturated carbocycles. The van der Waals surface area contributed by atoms with Gasteiger partial charge in [-0.05, 0) is 108 Å². The number of fused-ring (bicyclic) bond motifs is 4. The van der Waals surface area contributed by atoms with Gasteiger partial charge in [-0.2, -0.15) is 0 Å². The van der Waals surface area contributed by atoms with Gasteiger partial charge in [0.2, 0.25) is 6.71 Å². The highest BCUT2D eigenvalue weighted by molar-refractivity contribution is 6.99. The van der Waals surface area contributed by atoms with Crippen LogP contribution < -0.4 is 21.3 Å². The van der Waals surface area contributed by atoms with Crippen LogP contribution in [0.2, 0.25) is 0 Å². The summed E-state index contributed by atoms with van der Waals surface area (Å²) in [6, 6.07) is 92.1. The van der Waals surface area contributed by atoms with Gasteiger partial charge in [0.1, 0.15) is 0 Å². The van der Waals surface area contributed by atoms with Crippen molar-refractivity contribution < 1.29 is 0 Å². The number of hydrogen-bond donors (Lipinski definition) is 0. The van der Waals surface area contributed by atoms with Crippen molar-refractivity contribution in [1.82, 2.24) is 0 Å². The van der Waals surface area contributed by atoms with E-state index in [1.807, 2.05) is 0 Å². The van der Waals surface area contributed by atoms with Crippen LogP contribution in [0.5, 0.6) is 0 Å². The molecule has 1 atom stereocenters. The van der Waals surface area contributed by atoms with E-state index in [1.165, 1.54) is 100 Å². The Bertz CT molecular complexity index is 3040. The summed E-state index contributed by atoms with van der Waals surface area (Å²) in [7, 11) is 0. The Morgan fingerprint density at radius 2 is 0.714 bits per heavy atom. The molecular formula is C61H42BN. The normalized spacial score (nSPS) is 13.5. The molecule has 2 aliphatic heterocycles. The van der Waals surface area contributed by atoms with Gasteiger partial charge in [-0.3, -0.25) is 0 Å². The Kier molecular flexibility index (Phi) is 9.08. The summed E-state index contributed by atoms with van der Waals surface area (Å²) in [5.41, 5.74) is 23.8. The zero-order valence-electron chi connectivity index (χ0n) is 34.8. The van der Waals surface area contributed by atoms with Crippen molar-refractivity contribution in [2.45, 2.75) is 5.92 Å². The summed E-state index contributed by atoms with van der Waals surface area (Å²) in [6.45, 7) is -0.0516. The molecule has 2 heteroatoms. The molecule has 2 aliphatic rings. The first-order valence-corrected chi connectivity index (χ1v) is 22.0. The van der Waals surface area contributed by atoms with Crippen LogP contribution in [0.15, 0.2) is 249 Å². The molecule has 12 rings (SSSR count). The number of para-hydroxylation sites is 1. The Morgan fingerprint density at radius 1 is 0.302 bits per heavy atom. The maximum absolute atomic E-state index is 2.56. The Balaban J connectivity index is 1.26. The zero-order valence-corrected chi connectivity index (χ0v) is 34.8. The fraction of sp³-hybridized carbons (Fsp3) is 0.0164. The van der Waals surface area contributed by atoms with Crippen LogP contribution in [0.25, 0.3) is 55.6 Å². The molecule has 0 saturated heterocycles. The van der Waals surface area contributed by atoms with E-state index in [2.05, 4.69) is 254 Å². The molecule has 0 N–H and O–H groups in total. The van der Waals surface area contributed by atoms with Crippen LogP contribution in [-0.4, -0.2) is 6.71 Å². The van der Waals surface area contributed by atoms with Crippen LogP contribution in [0.1, 0.15) is 22.6 Å². The smallest absolute Gasteiger partial charge is 0.247 e. The highest BCUT2D eigenvalue weighted by Gasteiger charge is 2.45. The Hall–Kier alpha value is -7.94. The molecule has 10 aromatic rings. The van der Waals surface area contributed by atoms with Crippen LogP contribution in [0.4, 0.5) is 17.1 Å². The van der Waals surface area contributed by atoms with Crippen molar-refractivity contribution >= 4 is 40.2 Å². The summed E-state index contributed by atoms with van der Waals surface area (Å²) < 4.78 is 0. The molecule has 2 heterocycles. The van der Waals surface area contributed by atoms with Gasteiger partial charge in [0, 0.05) is 23.0 Å². The second kappa shape index (κ2) is 15.5. The fourth-order valence-electron chi connectivity index (χ4n) is 10.4. The van der Waals surface area contributed by atoms with Crippen molar-refractivity contribution in [1.29, 1.82) is 0 Å². The number of anilines is 3. The molecule has 1 unspecified atom stereocenters. The first-order chi connectivity index (χ1) is 31.3. The molecule has 63 heavy (non-hydrogen) atoms. The van der Waals surface area contributed by atoms with Crippen LogP contribution >= 0.6 is 0 Å². The molecule has 0 fully saturated rings. The number of nitrogens with zero attached hydrogens (tertiary/aromatic N) is 1. The predicted molar refractivity (Wildman–Crippen MR) is 267 cm³/mol. The van der Waals surface area contributed by atoms with Crippen molar-refractivity contribution in [2.75, 3.05) is 4.90 Å². The summed E-state index contributed by atoms with van der Waals surface area (Å²) in [5, 5.41) is 0. The summed E-state index contributed by atoms with van der Waals surface area (Å²) in [4.78, 5) is 2.56. The monoisotopic (exact) mass is 799 g/mol.